The van der Waals surface area contributed by atoms with Crippen LogP contribution in [0, 0.1) is 0 Å². The molecule has 0 spiro atoms. The summed E-state index contributed by atoms with van der Waals surface area (Å²) in [5, 5.41) is 23.9. The predicted octanol–water partition coefficient (Wildman–Crippen LogP) is -0.177. The van der Waals surface area contributed by atoms with Crippen LogP contribution in [0.25, 0.3) is 0 Å². The van der Waals surface area contributed by atoms with Crippen LogP contribution in [0.2, 0.25) is 0 Å². The van der Waals surface area contributed by atoms with Crippen LogP contribution in [-0.2, 0) is 4.79 Å². The van der Waals surface area contributed by atoms with E-state index in [-0.39, 0.29) is 24.7 Å². The molecule has 0 aliphatic carbocycles. The third-order valence-corrected chi connectivity index (χ3v) is 2.01. The van der Waals surface area contributed by atoms with E-state index in [0.717, 1.165) is 0 Å². The van der Waals surface area contributed by atoms with E-state index in [9.17, 15) is 4.79 Å². The first-order chi connectivity index (χ1) is 8.58. The lowest BCUT2D eigenvalue weighted by molar-refractivity contribution is -0.137. The second kappa shape index (κ2) is 8.56. The van der Waals surface area contributed by atoms with Crippen molar-refractivity contribution in [1.29, 1.82) is 0 Å². The molecule has 2 atom stereocenters. The fourth-order valence-corrected chi connectivity index (χ4v) is 1.12. The number of nitrogens with zero attached hydrogens (tertiary/aromatic N) is 2. The lowest BCUT2D eigenvalue weighted by Gasteiger charge is -2.06. The molecule has 5 N–H and O–H groups in total. The van der Waals surface area contributed by atoms with Crippen LogP contribution in [0.4, 0.5) is 0 Å². The highest BCUT2D eigenvalue weighted by Crippen LogP contribution is 2.14. The fourth-order valence-electron chi connectivity index (χ4n) is 1.12. The molecule has 0 aromatic carbocycles. The molecule has 1 aromatic rings. The lowest BCUT2D eigenvalue weighted by Crippen LogP contribution is -2.21. The summed E-state index contributed by atoms with van der Waals surface area (Å²) >= 11 is 0. The quantitative estimate of drug-likeness (QED) is 0.553. The van der Waals surface area contributed by atoms with Gasteiger partial charge in [-0.2, -0.15) is 4.98 Å². The Hall–Kier alpha value is -1.51. The van der Waals surface area contributed by atoms with Crippen LogP contribution < -0.4 is 11.1 Å². The Labute approximate surface area is 105 Å². The highest BCUT2D eigenvalue weighted by molar-refractivity contribution is 5.67. The number of carboxylic acid groups (broad SMARTS) is 1. The molecule has 0 saturated heterocycles. The Morgan fingerprint density at radius 1 is 1.56 bits per heavy atom. The number of likely N-dealkylation sites (N-methyl/N-ethyl adjacent to an activating group) is 1. The molecule has 1 rings (SSSR count). The first-order valence-corrected chi connectivity index (χ1v) is 5.67. The summed E-state index contributed by atoms with van der Waals surface area (Å²) in [7, 11) is 1.63. The second-order valence-electron chi connectivity index (χ2n) is 3.22. The molecule has 0 bridgehead atoms. The van der Waals surface area contributed by atoms with Gasteiger partial charge in [0.2, 0.25) is 5.89 Å². The molecule has 0 saturated carbocycles. The molecular weight excluding hydrogens is 240 g/mol. The van der Waals surface area contributed by atoms with E-state index in [0.29, 0.717) is 0 Å². The molecule has 1 heterocycles. The zero-order valence-corrected chi connectivity index (χ0v) is 10.8. The van der Waals surface area contributed by atoms with Crippen molar-refractivity contribution < 1.29 is 19.5 Å². The third-order valence-electron chi connectivity index (χ3n) is 2.01. The van der Waals surface area contributed by atoms with E-state index in [1.54, 1.807) is 7.05 Å². The van der Waals surface area contributed by atoms with Gasteiger partial charge in [0.15, 0.2) is 5.82 Å². The zero-order chi connectivity index (χ0) is 14.1. The average Bonchev–Trinajstić information content (AvgIpc) is 2.82. The minimum absolute atomic E-state index is 0.0473. The van der Waals surface area contributed by atoms with E-state index in [1.807, 2.05) is 13.8 Å². The maximum atomic E-state index is 10.4. The first kappa shape index (κ1) is 16.5. The Morgan fingerprint density at radius 3 is 2.61 bits per heavy atom. The standard InChI is InChI=1S/C8H14N4O4.C2H6/c1-10-5(3-13)7-11-8(16-12-7)4(9)2-6(14)15;1-2/h4-5,10,13H,2-3,9H2,1H3,(H,14,15);1-2H3. The van der Waals surface area contributed by atoms with Crippen molar-refractivity contribution in [2.45, 2.75) is 32.4 Å². The normalized spacial score (nSPS) is 13.4. The molecule has 0 radical (unpaired) electrons. The van der Waals surface area contributed by atoms with Gasteiger partial charge in [-0.3, -0.25) is 4.79 Å². The van der Waals surface area contributed by atoms with Crippen LogP contribution in [0.3, 0.4) is 0 Å². The third kappa shape index (κ3) is 4.78. The number of carboxylic acids is 1. The number of carbonyl (C=O) groups is 1. The molecule has 18 heavy (non-hydrogen) atoms. The van der Waals surface area contributed by atoms with Crippen molar-refractivity contribution in [2.75, 3.05) is 13.7 Å². The van der Waals surface area contributed by atoms with E-state index >= 15 is 0 Å². The minimum Gasteiger partial charge on any atom is -0.481 e. The van der Waals surface area contributed by atoms with Gasteiger partial charge in [-0.15, -0.1) is 0 Å². The summed E-state index contributed by atoms with van der Waals surface area (Å²) in [4.78, 5) is 14.3. The maximum Gasteiger partial charge on any atom is 0.305 e. The molecule has 0 amide bonds. The first-order valence-electron chi connectivity index (χ1n) is 5.67. The van der Waals surface area contributed by atoms with Crippen molar-refractivity contribution in [3.8, 4) is 0 Å². The summed E-state index contributed by atoms with van der Waals surface area (Å²) in [5.41, 5.74) is 5.53. The van der Waals surface area contributed by atoms with E-state index in [4.69, 9.17) is 20.5 Å². The van der Waals surface area contributed by atoms with Crippen LogP contribution in [0.15, 0.2) is 4.52 Å². The van der Waals surface area contributed by atoms with Crippen molar-refractivity contribution in [3.05, 3.63) is 11.7 Å². The fraction of sp³-hybridized carbons (Fsp3) is 0.700. The number of nitrogens with two attached hydrogens (primary N) is 1. The molecule has 8 heteroatoms. The molecule has 1 aromatic heterocycles. The number of aromatic nitrogens is 2. The van der Waals surface area contributed by atoms with E-state index in [2.05, 4.69) is 15.5 Å². The summed E-state index contributed by atoms with van der Waals surface area (Å²) in [6.45, 7) is 3.81. The summed E-state index contributed by atoms with van der Waals surface area (Å²) < 4.78 is 4.81. The van der Waals surface area contributed by atoms with Crippen LogP contribution in [0.1, 0.15) is 44.1 Å². The SMILES string of the molecule is CC.CNC(CO)c1noc(C(N)CC(=O)O)n1. The maximum absolute atomic E-state index is 10.4. The highest BCUT2D eigenvalue weighted by Gasteiger charge is 2.21. The Bertz CT molecular complexity index is 351. The van der Waals surface area contributed by atoms with Gasteiger partial charge in [0.05, 0.1) is 25.1 Å². The van der Waals surface area contributed by atoms with Gasteiger partial charge in [-0.25, -0.2) is 0 Å². The summed E-state index contributed by atoms with van der Waals surface area (Å²) in [6.07, 6.45) is -0.287. The average molecular weight is 260 g/mol. The molecule has 104 valence electrons. The van der Waals surface area contributed by atoms with Crippen molar-refractivity contribution in [1.82, 2.24) is 15.5 Å². The van der Waals surface area contributed by atoms with Gasteiger partial charge in [0.25, 0.3) is 0 Å². The molecule has 0 fully saturated rings. The topological polar surface area (TPSA) is 134 Å². The van der Waals surface area contributed by atoms with Crippen molar-refractivity contribution in [2.24, 2.45) is 5.73 Å². The van der Waals surface area contributed by atoms with Crippen molar-refractivity contribution in [3.63, 3.8) is 0 Å². The van der Waals surface area contributed by atoms with Gasteiger partial charge >= 0.3 is 5.97 Å². The highest BCUT2D eigenvalue weighted by atomic mass is 16.5. The number of hydrogen-bond donors (Lipinski definition) is 4. The largest absolute Gasteiger partial charge is 0.481 e. The van der Waals surface area contributed by atoms with Crippen LogP contribution in [-0.4, -0.2) is 40.0 Å². The zero-order valence-electron chi connectivity index (χ0n) is 10.8. The molecular formula is C10H20N4O4. The number of aliphatic hydroxyl groups is 1. The van der Waals surface area contributed by atoms with Gasteiger partial charge in [-0.1, -0.05) is 19.0 Å². The monoisotopic (exact) mass is 260 g/mol. The number of aliphatic hydroxyl groups excluding tert-OH is 1. The van der Waals surface area contributed by atoms with Gasteiger partial charge in [0, 0.05) is 0 Å². The van der Waals surface area contributed by atoms with Crippen LogP contribution >= 0.6 is 0 Å². The van der Waals surface area contributed by atoms with Gasteiger partial charge in [0.1, 0.15) is 0 Å². The summed E-state index contributed by atoms with van der Waals surface area (Å²) in [6, 6.07) is -1.29. The molecule has 8 nitrogen and oxygen atoms in total. The van der Waals surface area contributed by atoms with Gasteiger partial charge in [-0.05, 0) is 7.05 Å². The number of nitrogens with one attached hydrogen (secondary N) is 1. The Kier molecular flexibility index (Phi) is 7.84. The molecule has 2 unspecified atom stereocenters. The number of hydrogen-bond acceptors (Lipinski definition) is 7. The lowest BCUT2D eigenvalue weighted by atomic mass is 10.2. The second-order valence-corrected chi connectivity index (χ2v) is 3.22. The van der Waals surface area contributed by atoms with Gasteiger partial charge < -0.3 is 25.8 Å². The molecule has 0 aliphatic rings. The Balaban J connectivity index is 0.00000137. The van der Waals surface area contributed by atoms with Crippen molar-refractivity contribution >= 4 is 5.97 Å². The summed E-state index contributed by atoms with van der Waals surface area (Å²) in [5.74, 6) is -0.744. The predicted molar refractivity (Wildman–Crippen MR) is 63.7 cm³/mol. The number of rotatable bonds is 6. The van der Waals surface area contributed by atoms with E-state index < -0.39 is 18.1 Å². The number of aliphatic carboxylic acids is 1. The smallest absolute Gasteiger partial charge is 0.305 e. The van der Waals surface area contributed by atoms with E-state index in [1.165, 1.54) is 0 Å². The molecule has 0 aliphatic heterocycles. The Morgan fingerprint density at radius 2 is 2.17 bits per heavy atom. The minimum atomic E-state index is -1.04. The van der Waals surface area contributed by atoms with Crippen LogP contribution in [0.5, 0.6) is 0 Å².